The van der Waals surface area contributed by atoms with Gasteiger partial charge in [-0.2, -0.15) is 5.10 Å². The summed E-state index contributed by atoms with van der Waals surface area (Å²) < 4.78 is 1.85. The predicted molar refractivity (Wildman–Crippen MR) is 63.7 cm³/mol. The van der Waals surface area contributed by atoms with Gasteiger partial charge in [-0.25, -0.2) is 0 Å². The van der Waals surface area contributed by atoms with Crippen LogP contribution in [-0.2, 0) is 7.05 Å². The van der Waals surface area contributed by atoms with Gasteiger partial charge < -0.3 is 5.32 Å². The van der Waals surface area contributed by atoms with Crippen molar-refractivity contribution < 1.29 is 0 Å². The molecule has 0 saturated heterocycles. The molecule has 3 heteroatoms. The third-order valence-corrected chi connectivity index (χ3v) is 2.39. The van der Waals surface area contributed by atoms with Gasteiger partial charge in [-0.1, -0.05) is 13.0 Å². The van der Waals surface area contributed by atoms with Crippen molar-refractivity contribution in [1.29, 1.82) is 0 Å². The molecule has 0 aliphatic heterocycles. The number of allylic oxidation sites excluding steroid dienone is 1. The van der Waals surface area contributed by atoms with Gasteiger partial charge in [0.25, 0.3) is 0 Å². The average molecular weight is 207 g/mol. The van der Waals surface area contributed by atoms with E-state index in [4.69, 9.17) is 0 Å². The van der Waals surface area contributed by atoms with Gasteiger partial charge in [0.15, 0.2) is 0 Å². The summed E-state index contributed by atoms with van der Waals surface area (Å²) in [5.74, 6) is 0. The normalized spacial score (nSPS) is 12.7. The zero-order chi connectivity index (χ0) is 11.1. The minimum Gasteiger partial charge on any atom is -0.309 e. The molecule has 1 aromatic heterocycles. The molecule has 0 saturated carbocycles. The molecule has 0 aliphatic rings. The molecule has 84 valence electrons. The highest BCUT2D eigenvalue weighted by Gasteiger charge is 2.11. The number of aromatic nitrogens is 2. The minimum atomic E-state index is 0.365. The lowest BCUT2D eigenvalue weighted by Crippen LogP contribution is -2.22. The Bertz CT molecular complexity index is 291. The van der Waals surface area contributed by atoms with Crippen LogP contribution in [0.1, 0.15) is 37.9 Å². The lowest BCUT2D eigenvalue weighted by molar-refractivity contribution is 0.486. The average Bonchev–Trinajstić information content (AvgIpc) is 2.65. The molecule has 0 bridgehead atoms. The van der Waals surface area contributed by atoms with Crippen molar-refractivity contribution in [2.75, 3.05) is 6.54 Å². The van der Waals surface area contributed by atoms with E-state index >= 15 is 0 Å². The van der Waals surface area contributed by atoms with Crippen LogP contribution in [0.3, 0.4) is 0 Å². The van der Waals surface area contributed by atoms with Crippen LogP contribution in [0.5, 0.6) is 0 Å². The Morgan fingerprint density at radius 3 is 3.00 bits per heavy atom. The van der Waals surface area contributed by atoms with Crippen molar-refractivity contribution in [3.8, 4) is 0 Å². The number of nitrogens with one attached hydrogen (secondary N) is 1. The van der Waals surface area contributed by atoms with E-state index in [1.807, 2.05) is 24.0 Å². The second kappa shape index (κ2) is 6.40. The largest absolute Gasteiger partial charge is 0.309 e. The molecule has 0 aromatic carbocycles. The second-order valence-corrected chi connectivity index (χ2v) is 3.79. The van der Waals surface area contributed by atoms with Crippen LogP contribution in [0, 0.1) is 0 Å². The molecule has 1 atom stereocenters. The molecule has 0 aliphatic carbocycles. The van der Waals surface area contributed by atoms with E-state index in [1.165, 1.54) is 0 Å². The van der Waals surface area contributed by atoms with Crippen molar-refractivity contribution in [3.05, 3.63) is 30.6 Å². The molecule has 0 amide bonds. The van der Waals surface area contributed by atoms with Crippen molar-refractivity contribution in [1.82, 2.24) is 15.1 Å². The number of rotatable bonds is 7. The fraction of sp³-hybridized carbons (Fsp3) is 0.583. The molecule has 1 unspecified atom stereocenters. The molecule has 1 rings (SSSR count). The zero-order valence-electron chi connectivity index (χ0n) is 9.74. The summed E-state index contributed by atoms with van der Waals surface area (Å²) in [6.45, 7) is 6.98. The van der Waals surface area contributed by atoms with Gasteiger partial charge in [-0.05, 0) is 31.9 Å². The van der Waals surface area contributed by atoms with Gasteiger partial charge in [-0.3, -0.25) is 4.68 Å². The maximum atomic E-state index is 4.44. The van der Waals surface area contributed by atoms with Crippen LogP contribution in [-0.4, -0.2) is 16.3 Å². The first kappa shape index (κ1) is 12.0. The van der Waals surface area contributed by atoms with Crippen LogP contribution in [0.4, 0.5) is 0 Å². The molecule has 1 aromatic rings. The predicted octanol–water partition coefficient (Wildman–Crippen LogP) is 2.43. The summed E-state index contributed by atoms with van der Waals surface area (Å²) in [6.07, 6.45) is 7.20. The molecule has 3 nitrogen and oxygen atoms in total. The third kappa shape index (κ3) is 3.88. The van der Waals surface area contributed by atoms with E-state index in [0.29, 0.717) is 6.04 Å². The highest BCUT2D eigenvalue weighted by Crippen LogP contribution is 2.16. The Morgan fingerprint density at radius 2 is 2.47 bits per heavy atom. The third-order valence-electron chi connectivity index (χ3n) is 2.39. The first-order chi connectivity index (χ1) is 7.27. The van der Waals surface area contributed by atoms with Crippen LogP contribution in [0.15, 0.2) is 24.9 Å². The summed E-state index contributed by atoms with van der Waals surface area (Å²) in [5.41, 5.74) is 1.13. The monoisotopic (exact) mass is 207 g/mol. The minimum absolute atomic E-state index is 0.365. The van der Waals surface area contributed by atoms with Crippen molar-refractivity contribution in [2.24, 2.45) is 7.05 Å². The van der Waals surface area contributed by atoms with E-state index < -0.39 is 0 Å². The van der Waals surface area contributed by atoms with Gasteiger partial charge in [-0.15, -0.1) is 6.58 Å². The van der Waals surface area contributed by atoms with Gasteiger partial charge >= 0.3 is 0 Å². The summed E-state index contributed by atoms with van der Waals surface area (Å²) >= 11 is 0. The SMILES string of the molecule is C=CCCC(NCCC)c1ccn(C)n1. The Hall–Kier alpha value is -1.09. The van der Waals surface area contributed by atoms with Crippen LogP contribution < -0.4 is 5.32 Å². The van der Waals surface area contributed by atoms with E-state index in [2.05, 4.69) is 30.0 Å². The maximum Gasteiger partial charge on any atom is 0.0793 e. The first-order valence-electron chi connectivity index (χ1n) is 5.61. The van der Waals surface area contributed by atoms with Crippen LogP contribution in [0.25, 0.3) is 0 Å². The molecule has 0 radical (unpaired) electrons. The molecule has 15 heavy (non-hydrogen) atoms. The van der Waals surface area contributed by atoms with Gasteiger partial charge in [0.2, 0.25) is 0 Å². The van der Waals surface area contributed by atoms with Crippen LogP contribution in [0.2, 0.25) is 0 Å². The van der Waals surface area contributed by atoms with Gasteiger partial charge in [0.05, 0.1) is 11.7 Å². The fourth-order valence-electron chi connectivity index (χ4n) is 1.58. The summed E-state index contributed by atoms with van der Waals surface area (Å²) in [6, 6.07) is 2.44. The molecule has 0 spiro atoms. The summed E-state index contributed by atoms with van der Waals surface area (Å²) in [4.78, 5) is 0. The lowest BCUT2D eigenvalue weighted by Gasteiger charge is -2.15. The molecular formula is C12H21N3. The molecular weight excluding hydrogens is 186 g/mol. The Morgan fingerprint density at radius 1 is 1.67 bits per heavy atom. The highest BCUT2D eigenvalue weighted by atomic mass is 15.3. The first-order valence-corrected chi connectivity index (χ1v) is 5.61. The lowest BCUT2D eigenvalue weighted by atomic mass is 10.1. The van der Waals surface area contributed by atoms with E-state index in [1.54, 1.807) is 0 Å². The molecule has 1 N–H and O–H groups in total. The Balaban J connectivity index is 2.58. The molecule has 1 heterocycles. The van der Waals surface area contributed by atoms with Crippen molar-refractivity contribution in [3.63, 3.8) is 0 Å². The Labute approximate surface area is 92.2 Å². The molecule has 0 fully saturated rings. The van der Waals surface area contributed by atoms with Crippen LogP contribution >= 0.6 is 0 Å². The fourth-order valence-corrected chi connectivity index (χ4v) is 1.58. The van der Waals surface area contributed by atoms with Gasteiger partial charge in [0.1, 0.15) is 0 Å². The summed E-state index contributed by atoms with van der Waals surface area (Å²) in [5, 5.41) is 7.95. The Kier molecular flexibility index (Phi) is 5.12. The van der Waals surface area contributed by atoms with Crippen molar-refractivity contribution >= 4 is 0 Å². The van der Waals surface area contributed by atoms with Gasteiger partial charge in [0, 0.05) is 13.2 Å². The number of aryl methyl sites for hydroxylation is 1. The topological polar surface area (TPSA) is 29.9 Å². The highest BCUT2D eigenvalue weighted by molar-refractivity contribution is 5.05. The summed E-state index contributed by atoms with van der Waals surface area (Å²) in [7, 11) is 1.95. The van der Waals surface area contributed by atoms with E-state index in [-0.39, 0.29) is 0 Å². The standard InChI is InChI=1S/C12H21N3/c1-4-6-7-11(13-9-5-2)12-8-10-15(3)14-12/h4,8,10-11,13H,1,5-7,9H2,2-3H3. The number of hydrogen-bond acceptors (Lipinski definition) is 2. The van der Waals surface area contributed by atoms with Crippen molar-refractivity contribution in [2.45, 2.75) is 32.2 Å². The number of hydrogen-bond donors (Lipinski definition) is 1. The van der Waals surface area contributed by atoms with E-state index in [0.717, 1.165) is 31.5 Å². The number of nitrogens with zero attached hydrogens (tertiary/aromatic N) is 2. The zero-order valence-corrected chi connectivity index (χ0v) is 9.74. The maximum absolute atomic E-state index is 4.44. The quantitative estimate of drug-likeness (QED) is 0.696. The second-order valence-electron chi connectivity index (χ2n) is 3.79. The smallest absolute Gasteiger partial charge is 0.0793 e. The van der Waals surface area contributed by atoms with E-state index in [9.17, 15) is 0 Å².